The second kappa shape index (κ2) is 5.56. The van der Waals surface area contributed by atoms with Crippen molar-refractivity contribution in [1.82, 2.24) is 15.0 Å². The number of nitrogens with two attached hydrogens (primary N) is 1. The largest absolute Gasteiger partial charge is 0.443 e. The molecule has 2 aromatic heterocycles. The Hall–Kier alpha value is -2.93. The number of fused-ring (bicyclic) bond motifs is 1. The molecule has 7 nitrogen and oxygen atoms in total. The summed E-state index contributed by atoms with van der Waals surface area (Å²) in [4.78, 5) is 14.5. The first-order chi connectivity index (χ1) is 11.9. The molecule has 3 N–H and O–H groups in total. The van der Waals surface area contributed by atoms with Crippen LogP contribution in [0.2, 0.25) is 0 Å². The van der Waals surface area contributed by atoms with E-state index in [9.17, 15) is 5.11 Å². The monoisotopic (exact) mass is 337 g/mol. The highest BCUT2D eigenvalue weighted by atomic mass is 16.4. The van der Waals surface area contributed by atoms with E-state index in [2.05, 4.69) is 19.9 Å². The maximum absolute atomic E-state index is 11.0. The molecular formula is C18H19N5O2. The fraction of sp³-hybridized carbons (Fsp3) is 0.278. The normalized spacial score (nSPS) is 15.9. The van der Waals surface area contributed by atoms with Crippen molar-refractivity contribution in [2.45, 2.75) is 25.9 Å². The van der Waals surface area contributed by atoms with Crippen LogP contribution in [0.1, 0.15) is 29.7 Å². The Morgan fingerprint density at radius 1 is 1.28 bits per heavy atom. The fourth-order valence-corrected chi connectivity index (χ4v) is 3.14. The summed E-state index contributed by atoms with van der Waals surface area (Å²) in [5, 5.41) is 11.0. The number of hydrogen-bond acceptors (Lipinski definition) is 7. The maximum atomic E-state index is 11.0. The number of benzene rings is 1. The van der Waals surface area contributed by atoms with E-state index >= 15 is 0 Å². The molecule has 1 aliphatic heterocycles. The van der Waals surface area contributed by atoms with Crippen LogP contribution in [0.15, 0.2) is 41.1 Å². The minimum absolute atomic E-state index is 0.240. The number of aryl methyl sites for hydroxylation is 1. The molecule has 0 bridgehead atoms. The van der Waals surface area contributed by atoms with Gasteiger partial charge in [-0.1, -0.05) is 12.1 Å². The molecule has 7 heteroatoms. The number of anilines is 3. The van der Waals surface area contributed by atoms with Crippen molar-refractivity contribution in [3.05, 3.63) is 59.4 Å². The topological polar surface area (TPSA) is 101 Å². The third-order valence-corrected chi connectivity index (χ3v) is 4.52. The molecule has 0 saturated carbocycles. The van der Waals surface area contributed by atoms with Gasteiger partial charge in [0.1, 0.15) is 11.6 Å². The molecule has 0 saturated heterocycles. The van der Waals surface area contributed by atoms with Crippen LogP contribution in [-0.2, 0) is 12.0 Å². The molecule has 0 spiro atoms. The van der Waals surface area contributed by atoms with Gasteiger partial charge >= 0.3 is 0 Å². The standard InChI is InChI=1S/C18H19N5O2/c1-11-10-21-16(25-11)18(2,24)13-4-3-12-6-8-23(14(12)9-13)15-5-7-20-17(19)22-15/h3-5,7,9-10,24H,6,8H2,1-2H3,(H2,19,20,22). The number of rotatable bonds is 3. The highest BCUT2D eigenvalue weighted by Gasteiger charge is 2.33. The number of oxazole rings is 1. The summed E-state index contributed by atoms with van der Waals surface area (Å²) >= 11 is 0. The second-order valence-corrected chi connectivity index (χ2v) is 6.37. The zero-order valence-electron chi connectivity index (χ0n) is 14.1. The summed E-state index contributed by atoms with van der Waals surface area (Å²) in [5.74, 6) is 1.93. The fourth-order valence-electron chi connectivity index (χ4n) is 3.14. The molecule has 0 amide bonds. The molecule has 3 heterocycles. The lowest BCUT2D eigenvalue weighted by Crippen LogP contribution is -2.24. The van der Waals surface area contributed by atoms with Gasteiger partial charge in [0, 0.05) is 18.4 Å². The zero-order chi connectivity index (χ0) is 17.6. The summed E-state index contributed by atoms with van der Waals surface area (Å²) in [6.07, 6.45) is 4.15. The SMILES string of the molecule is Cc1cnc(C(C)(O)c2ccc3c(c2)N(c2ccnc(N)n2)CC3)o1. The Morgan fingerprint density at radius 2 is 2.12 bits per heavy atom. The van der Waals surface area contributed by atoms with E-state index < -0.39 is 5.60 Å². The Kier molecular flexibility index (Phi) is 3.47. The lowest BCUT2D eigenvalue weighted by molar-refractivity contribution is 0.0699. The van der Waals surface area contributed by atoms with E-state index in [0.717, 1.165) is 24.5 Å². The minimum atomic E-state index is -1.32. The van der Waals surface area contributed by atoms with Crippen molar-refractivity contribution in [2.24, 2.45) is 0 Å². The Bertz CT molecular complexity index is 935. The van der Waals surface area contributed by atoms with Gasteiger partial charge < -0.3 is 20.2 Å². The van der Waals surface area contributed by atoms with Gasteiger partial charge in [-0.25, -0.2) is 9.97 Å². The third-order valence-electron chi connectivity index (χ3n) is 4.52. The minimum Gasteiger partial charge on any atom is -0.443 e. The quantitative estimate of drug-likeness (QED) is 0.756. The summed E-state index contributed by atoms with van der Waals surface area (Å²) in [7, 11) is 0. The van der Waals surface area contributed by atoms with Gasteiger partial charge in [-0.3, -0.25) is 0 Å². The van der Waals surface area contributed by atoms with E-state index in [1.165, 1.54) is 5.56 Å². The van der Waals surface area contributed by atoms with Crippen LogP contribution in [0.4, 0.5) is 17.5 Å². The van der Waals surface area contributed by atoms with Gasteiger partial charge in [0.15, 0.2) is 5.60 Å². The Labute approximate surface area is 145 Å². The summed E-state index contributed by atoms with van der Waals surface area (Å²) < 4.78 is 5.54. The first-order valence-electron chi connectivity index (χ1n) is 8.10. The average Bonchev–Trinajstić information content (AvgIpc) is 3.20. The average molecular weight is 337 g/mol. The van der Waals surface area contributed by atoms with Gasteiger partial charge in [-0.15, -0.1) is 0 Å². The van der Waals surface area contributed by atoms with Crippen molar-refractivity contribution >= 4 is 17.5 Å². The van der Waals surface area contributed by atoms with E-state index in [1.54, 1.807) is 26.2 Å². The number of nitrogens with zero attached hydrogens (tertiary/aromatic N) is 4. The summed E-state index contributed by atoms with van der Waals surface area (Å²) in [6.45, 7) is 4.29. The first kappa shape index (κ1) is 15.6. The number of hydrogen-bond donors (Lipinski definition) is 2. The van der Waals surface area contributed by atoms with E-state index in [4.69, 9.17) is 10.2 Å². The van der Waals surface area contributed by atoms with E-state index in [1.807, 2.05) is 24.3 Å². The van der Waals surface area contributed by atoms with Gasteiger partial charge in [0.25, 0.3) is 0 Å². The van der Waals surface area contributed by atoms with Crippen molar-refractivity contribution in [1.29, 1.82) is 0 Å². The molecule has 4 rings (SSSR count). The third kappa shape index (κ3) is 2.62. The molecule has 0 radical (unpaired) electrons. The highest BCUT2D eigenvalue weighted by molar-refractivity contribution is 5.69. The van der Waals surface area contributed by atoms with E-state index in [-0.39, 0.29) is 11.8 Å². The molecule has 128 valence electrons. The van der Waals surface area contributed by atoms with E-state index in [0.29, 0.717) is 11.3 Å². The summed E-state index contributed by atoms with van der Waals surface area (Å²) in [6, 6.07) is 7.73. The molecule has 1 atom stereocenters. The predicted octanol–water partition coefficient (Wildman–Crippen LogP) is 2.31. The van der Waals surface area contributed by atoms with Crippen molar-refractivity contribution < 1.29 is 9.52 Å². The second-order valence-electron chi connectivity index (χ2n) is 6.37. The molecule has 3 aromatic rings. The zero-order valence-corrected chi connectivity index (χ0v) is 14.1. The molecule has 0 fully saturated rings. The highest BCUT2D eigenvalue weighted by Crippen LogP contribution is 2.38. The van der Waals surface area contributed by atoms with Crippen LogP contribution in [-0.4, -0.2) is 26.6 Å². The Balaban J connectivity index is 1.76. The van der Waals surface area contributed by atoms with Crippen LogP contribution in [0.3, 0.4) is 0 Å². The summed E-state index contributed by atoms with van der Waals surface area (Å²) in [5.41, 5.74) is 7.30. The van der Waals surface area contributed by atoms with Crippen LogP contribution in [0.5, 0.6) is 0 Å². The molecule has 25 heavy (non-hydrogen) atoms. The van der Waals surface area contributed by atoms with Crippen molar-refractivity contribution in [3.8, 4) is 0 Å². The van der Waals surface area contributed by atoms with Gasteiger partial charge in [0.2, 0.25) is 11.8 Å². The maximum Gasteiger partial charge on any atom is 0.230 e. The smallest absolute Gasteiger partial charge is 0.230 e. The molecular weight excluding hydrogens is 318 g/mol. The molecule has 1 aromatic carbocycles. The van der Waals surface area contributed by atoms with Crippen molar-refractivity contribution in [2.75, 3.05) is 17.2 Å². The number of aromatic nitrogens is 3. The number of aliphatic hydroxyl groups is 1. The lowest BCUT2D eigenvalue weighted by atomic mass is 9.94. The Morgan fingerprint density at radius 3 is 2.84 bits per heavy atom. The van der Waals surface area contributed by atoms with Crippen molar-refractivity contribution in [3.63, 3.8) is 0 Å². The van der Waals surface area contributed by atoms with Gasteiger partial charge in [0.05, 0.1) is 6.20 Å². The molecule has 1 unspecified atom stereocenters. The van der Waals surface area contributed by atoms with Crippen LogP contribution < -0.4 is 10.6 Å². The first-order valence-corrected chi connectivity index (χ1v) is 8.10. The van der Waals surface area contributed by atoms with Gasteiger partial charge in [-0.05, 0) is 43.5 Å². The van der Waals surface area contributed by atoms with Gasteiger partial charge in [-0.2, -0.15) is 4.98 Å². The molecule has 1 aliphatic rings. The number of nitrogen functional groups attached to an aromatic ring is 1. The van der Waals surface area contributed by atoms with Crippen LogP contribution >= 0.6 is 0 Å². The lowest BCUT2D eigenvalue weighted by Gasteiger charge is -2.23. The van der Waals surface area contributed by atoms with Crippen LogP contribution in [0.25, 0.3) is 0 Å². The molecule has 0 aliphatic carbocycles. The van der Waals surface area contributed by atoms with Crippen LogP contribution in [0, 0.1) is 6.92 Å². The predicted molar refractivity (Wildman–Crippen MR) is 93.5 cm³/mol.